The maximum Gasteiger partial charge on any atom is 0.253 e. The Morgan fingerprint density at radius 2 is 1.69 bits per heavy atom. The molecule has 0 aliphatic rings. The van der Waals surface area contributed by atoms with Crippen LogP contribution in [0.2, 0.25) is 0 Å². The quantitative estimate of drug-likeness (QED) is 0.772. The van der Waals surface area contributed by atoms with Crippen LogP contribution in [0.5, 0.6) is 11.5 Å². The topological polar surface area (TPSA) is 93.7 Å². The van der Waals surface area contributed by atoms with Gasteiger partial charge in [0.25, 0.3) is 5.91 Å². The molecule has 0 spiro atoms. The number of amides is 1. The molecule has 0 saturated carbocycles. The number of carbonyl (C=O) groups is 1. The Kier molecular flexibility index (Phi) is 6.10. The molecule has 26 heavy (non-hydrogen) atoms. The summed E-state index contributed by atoms with van der Waals surface area (Å²) < 4.78 is 35.8. The van der Waals surface area contributed by atoms with Crippen LogP contribution >= 0.6 is 0 Å². The fraction of sp³-hybridized carbons (Fsp3) is 0.278. The zero-order chi connectivity index (χ0) is 19.3. The van der Waals surface area contributed by atoms with Gasteiger partial charge in [0.1, 0.15) is 0 Å². The Hall–Kier alpha value is -2.74. The number of hydrogen-bond donors (Lipinski definition) is 2. The number of ether oxygens (including phenoxy) is 2. The average Bonchev–Trinajstić information content (AvgIpc) is 2.60. The summed E-state index contributed by atoms with van der Waals surface area (Å²) in [5.74, 6) is 0.766. The smallest absolute Gasteiger partial charge is 0.253 e. The molecule has 8 heteroatoms. The monoisotopic (exact) mass is 378 g/mol. The lowest BCUT2D eigenvalue weighted by atomic mass is 10.1. The average molecular weight is 378 g/mol. The number of nitrogens with one attached hydrogen (secondary N) is 2. The second-order valence-electron chi connectivity index (χ2n) is 5.73. The highest BCUT2D eigenvalue weighted by Gasteiger charge is 2.17. The van der Waals surface area contributed by atoms with E-state index in [0.717, 1.165) is 11.8 Å². The van der Waals surface area contributed by atoms with Gasteiger partial charge in [-0.3, -0.25) is 9.52 Å². The van der Waals surface area contributed by atoms with Crippen LogP contribution < -0.4 is 19.5 Å². The highest BCUT2D eigenvalue weighted by Crippen LogP contribution is 2.30. The number of methoxy groups -OCH3 is 2. The van der Waals surface area contributed by atoms with E-state index in [1.54, 1.807) is 37.4 Å². The Bertz CT molecular complexity index is 896. The second kappa shape index (κ2) is 8.09. The molecule has 0 aliphatic heterocycles. The summed E-state index contributed by atoms with van der Waals surface area (Å²) in [6, 6.07) is 11.5. The molecule has 2 aromatic rings. The second-order valence-corrected chi connectivity index (χ2v) is 7.48. The van der Waals surface area contributed by atoms with Crippen LogP contribution in [0.25, 0.3) is 0 Å². The van der Waals surface area contributed by atoms with Crippen molar-refractivity contribution in [3.05, 3.63) is 53.6 Å². The minimum atomic E-state index is -3.49. The van der Waals surface area contributed by atoms with E-state index >= 15 is 0 Å². The first-order valence-electron chi connectivity index (χ1n) is 7.84. The molecular weight excluding hydrogens is 356 g/mol. The Morgan fingerprint density at radius 1 is 1.04 bits per heavy atom. The molecule has 0 aliphatic carbocycles. The number of sulfonamides is 1. The van der Waals surface area contributed by atoms with Crippen LogP contribution in [0, 0.1) is 0 Å². The van der Waals surface area contributed by atoms with Crippen molar-refractivity contribution >= 4 is 21.6 Å². The van der Waals surface area contributed by atoms with Crippen molar-refractivity contribution < 1.29 is 22.7 Å². The molecule has 0 fully saturated rings. The molecule has 7 nitrogen and oxygen atoms in total. The lowest BCUT2D eigenvalue weighted by Gasteiger charge is -2.18. The van der Waals surface area contributed by atoms with E-state index < -0.39 is 10.0 Å². The molecule has 0 radical (unpaired) electrons. The summed E-state index contributed by atoms with van der Waals surface area (Å²) in [6.07, 6.45) is 1.04. The first kappa shape index (κ1) is 19.6. The van der Waals surface area contributed by atoms with Crippen LogP contribution in [-0.2, 0) is 10.0 Å². The van der Waals surface area contributed by atoms with Gasteiger partial charge >= 0.3 is 0 Å². The first-order valence-corrected chi connectivity index (χ1v) is 9.74. The maximum atomic E-state index is 12.6. The number of carbonyl (C=O) groups excluding carboxylic acids is 1. The minimum absolute atomic E-state index is 0.229. The highest BCUT2D eigenvalue weighted by molar-refractivity contribution is 7.92. The molecular formula is C18H22N2O5S. The van der Waals surface area contributed by atoms with Gasteiger partial charge in [0.2, 0.25) is 10.0 Å². The molecule has 2 N–H and O–H groups in total. The van der Waals surface area contributed by atoms with Gasteiger partial charge in [-0.2, -0.15) is 0 Å². The fourth-order valence-electron chi connectivity index (χ4n) is 2.45. The van der Waals surface area contributed by atoms with Gasteiger partial charge in [-0.15, -0.1) is 0 Å². The van der Waals surface area contributed by atoms with Gasteiger partial charge < -0.3 is 14.8 Å². The fourth-order valence-corrected chi connectivity index (χ4v) is 3.03. The van der Waals surface area contributed by atoms with Crippen molar-refractivity contribution in [1.29, 1.82) is 0 Å². The van der Waals surface area contributed by atoms with Gasteiger partial charge in [0.15, 0.2) is 11.5 Å². The number of para-hydroxylation sites is 1. The summed E-state index contributed by atoms with van der Waals surface area (Å²) >= 11 is 0. The van der Waals surface area contributed by atoms with E-state index in [9.17, 15) is 13.2 Å². The summed E-state index contributed by atoms with van der Waals surface area (Å²) in [7, 11) is -0.401. The number of hydrogen-bond acceptors (Lipinski definition) is 5. The van der Waals surface area contributed by atoms with Crippen molar-refractivity contribution in [2.45, 2.75) is 13.0 Å². The third kappa shape index (κ3) is 4.89. The molecule has 140 valence electrons. The third-order valence-electron chi connectivity index (χ3n) is 3.72. The molecule has 0 saturated heterocycles. The van der Waals surface area contributed by atoms with Crippen LogP contribution in [0.4, 0.5) is 5.69 Å². The van der Waals surface area contributed by atoms with Gasteiger partial charge in [-0.25, -0.2) is 8.42 Å². The highest BCUT2D eigenvalue weighted by atomic mass is 32.2. The van der Waals surface area contributed by atoms with Gasteiger partial charge in [0.05, 0.1) is 37.8 Å². The van der Waals surface area contributed by atoms with Crippen molar-refractivity contribution in [3.63, 3.8) is 0 Å². The van der Waals surface area contributed by atoms with Gasteiger partial charge in [-0.05, 0) is 36.8 Å². The van der Waals surface area contributed by atoms with E-state index in [0.29, 0.717) is 11.5 Å². The SMILES string of the molecule is COc1ccc([C@H](C)NC(=O)c2ccccc2NS(C)(=O)=O)cc1OC. The largest absolute Gasteiger partial charge is 0.493 e. The first-order chi connectivity index (χ1) is 12.2. The van der Waals surface area contributed by atoms with Crippen LogP contribution in [0.3, 0.4) is 0 Å². The Balaban J connectivity index is 2.22. The predicted octanol–water partition coefficient (Wildman–Crippen LogP) is 2.57. The summed E-state index contributed by atoms with van der Waals surface area (Å²) in [5.41, 5.74) is 1.29. The molecule has 2 aromatic carbocycles. The number of rotatable bonds is 7. The van der Waals surface area contributed by atoms with E-state index in [-0.39, 0.29) is 23.2 Å². The Labute approximate surface area is 153 Å². The van der Waals surface area contributed by atoms with Crippen molar-refractivity contribution in [2.75, 3.05) is 25.2 Å². The van der Waals surface area contributed by atoms with Crippen molar-refractivity contribution in [3.8, 4) is 11.5 Å². The molecule has 0 aromatic heterocycles. The van der Waals surface area contributed by atoms with Crippen LogP contribution in [0.15, 0.2) is 42.5 Å². The Morgan fingerprint density at radius 3 is 2.31 bits per heavy atom. The predicted molar refractivity (Wildman–Crippen MR) is 100 cm³/mol. The van der Waals surface area contributed by atoms with Gasteiger partial charge in [0, 0.05) is 0 Å². The summed E-state index contributed by atoms with van der Waals surface area (Å²) in [5, 5.41) is 2.86. The third-order valence-corrected chi connectivity index (χ3v) is 4.31. The van der Waals surface area contributed by atoms with Crippen molar-refractivity contribution in [1.82, 2.24) is 5.32 Å². The van der Waals surface area contributed by atoms with E-state index in [2.05, 4.69) is 10.0 Å². The molecule has 0 bridgehead atoms. The van der Waals surface area contributed by atoms with Gasteiger partial charge in [-0.1, -0.05) is 18.2 Å². The van der Waals surface area contributed by atoms with E-state index in [4.69, 9.17) is 9.47 Å². The van der Waals surface area contributed by atoms with Crippen LogP contribution in [-0.4, -0.2) is 34.8 Å². The van der Waals surface area contributed by atoms with E-state index in [1.165, 1.54) is 13.2 Å². The normalized spacial score (nSPS) is 12.2. The molecule has 1 atom stereocenters. The summed E-state index contributed by atoms with van der Waals surface area (Å²) in [4.78, 5) is 12.6. The van der Waals surface area contributed by atoms with Crippen molar-refractivity contribution in [2.24, 2.45) is 0 Å². The molecule has 2 rings (SSSR count). The number of benzene rings is 2. The molecule has 0 unspecified atom stereocenters. The molecule has 0 heterocycles. The number of anilines is 1. The molecule has 1 amide bonds. The zero-order valence-electron chi connectivity index (χ0n) is 15.1. The maximum absolute atomic E-state index is 12.6. The lowest BCUT2D eigenvalue weighted by Crippen LogP contribution is -2.28. The standard InChI is InChI=1S/C18H22N2O5S/c1-12(13-9-10-16(24-2)17(11-13)25-3)19-18(21)14-7-5-6-8-15(14)20-26(4,22)23/h5-12,20H,1-4H3,(H,19,21)/t12-/m0/s1. The minimum Gasteiger partial charge on any atom is -0.493 e. The van der Waals surface area contributed by atoms with E-state index in [1.807, 2.05) is 13.0 Å². The summed E-state index contributed by atoms with van der Waals surface area (Å²) in [6.45, 7) is 1.83. The zero-order valence-corrected chi connectivity index (χ0v) is 15.9. The van der Waals surface area contributed by atoms with Crippen LogP contribution in [0.1, 0.15) is 28.9 Å². The lowest BCUT2D eigenvalue weighted by molar-refractivity contribution is 0.0940.